The number of hydrogen-bond acceptors (Lipinski definition) is 6. The van der Waals surface area contributed by atoms with Crippen molar-refractivity contribution in [1.29, 1.82) is 0 Å². The van der Waals surface area contributed by atoms with Crippen LogP contribution in [0.2, 0.25) is 0 Å². The van der Waals surface area contributed by atoms with Crippen LogP contribution in [0.3, 0.4) is 0 Å². The largest absolute Gasteiger partial charge is 0.417 e. The molecule has 1 aromatic heterocycles. The van der Waals surface area contributed by atoms with E-state index >= 15 is 0 Å². The van der Waals surface area contributed by atoms with E-state index in [2.05, 4.69) is 20.1 Å². The van der Waals surface area contributed by atoms with Crippen LogP contribution in [0.1, 0.15) is 0 Å². The van der Waals surface area contributed by atoms with Gasteiger partial charge < -0.3 is 14.5 Å². The number of nitrogens with one attached hydrogen (secondary N) is 1. The maximum absolute atomic E-state index is 14.0. The van der Waals surface area contributed by atoms with Gasteiger partial charge in [0.25, 0.3) is 0 Å². The van der Waals surface area contributed by atoms with Gasteiger partial charge in [-0.25, -0.2) is 18.6 Å². The molecule has 0 fully saturated rings. The molecule has 0 aliphatic rings. The highest BCUT2D eigenvalue weighted by atomic mass is 32.1. The van der Waals surface area contributed by atoms with Gasteiger partial charge in [-0.2, -0.15) is 0 Å². The zero-order valence-corrected chi connectivity index (χ0v) is 19.8. The molecule has 1 N–H and O–H groups in total. The third kappa shape index (κ3) is 5.67. The number of benzene rings is 3. The van der Waals surface area contributed by atoms with Crippen molar-refractivity contribution in [3.8, 4) is 16.9 Å². The zero-order chi connectivity index (χ0) is 24.2. The van der Waals surface area contributed by atoms with Crippen LogP contribution in [0.4, 0.5) is 24.4 Å². The Kier molecular flexibility index (Phi) is 7.04. The van der Waals surface area contributed by atoms with E-state index in [1.165, 1.54) is 12.1 Å². The number of carbonyl (C=O) groups excluding carboxylic acids is 1. The predicted molar refractivity (Wildman–Crippen MR) is 133 cm³/mol. The molecule has 1 heterocycles. The summed E-state index contributed by atoms with van der Waals surface area (Å²) in [6, 6.07) is 15.2. The first-order chi connectivity index (χ1) is 16.3. The van der Waals surface area contributed by atoms with Gasteiger partial charge in [-0.05, 0) is 62.1 Å². The molecule has 34 heavy (non-hydrogen) atoms. The van der Waals surface area contributed by atoms with Gasteiger partial charge in [0.1, 0.15) is 17.4 Å². The van der Waals surface area contributed by atoms with Crippen molar-refractivity contribution in [2.75, 3.05) is 44.4 Å². The summed E-state index contributed by atoms with van der Waals surface area (Å²) >= 11 is 1.55. The molecular weight excluding hydrogens is 458 g/mol. The Morgan fingerprint density at radius 2 is 1.76 bits per heavy atom. The maximum atomic E-state index is 14.0. The number of rotatable bonds is 7. The zero-order valence-electron chi connectivity index (χ0n) is 19.0. The molecule has 0 bridgehead atoms. The van der Waals surface area contributed by atoms with E-state index in [1.54, 1.807) is 41.7 Å². The molecular formula is C25H24F2N4O2S. The van der Waals surface area contributed by atoms with Gasteiger partial charge in [0, 0.05) is 37.5 Å². The number of anilines is 2. The van der Waals surface area contributed by atoms with Crippen molar-refractivity contribution in [1.82, 2.24) is 9.88 Å². The normalized spacial score (nSPS) is 11.1. The van der Waals surface area contributed by atoms with Gasteiger partial charge in [-0.15, -0.1) is 0 Å². The van der Waals surface area contributed by atoms with Crippen molar-refractivity contribution >= 4 is 38.5 Å². The van der Waals surface area contributed by atoms with Crippen molar-refractivity contribution < 1.29 is 18.3 Å². The third-order valence-corrected chi connectivity index (χ3v) is 6.27. The summed E-state index contributed by atoms with van der Waals surface area (Å²) in [5, 5.41) is 3.63. The molecule has 9 heteroatoms. The molecule has 1 amide bonds. The van der Waals surface area contributed by atoms with Gasteiger partial charge >= 0.3 is 6.09 Å². The predicted octanol–water partition coefficient (Wildman–Crippen LogP) is 5.85. The van der Waals surface area contributed by atoms with Gasteiger partial charge in [0.15, 0.2) is 5.13 Å². The van der Waals surface area contributed by atoms with Crippen LogP contribution < -0.4 is 15.0 Å². The van der Waals surface area contributed by atoms with Crippen LogP contribution >= 0.6 is 11.3 Å². The van der Waals surface area contributed by atoms with E-state index in [-0.39, 0.29) is 5.56 Å². The van der Waals surface area contributed by atoms with Crippen LogP contribution in [0.15, 0.2) is 60.7 Å². The molecule has 3 aromatic carbocycles. The summed E-state index contributed by atoms with van der Waals surface area (Å²) in [5.41, 5.74) is 2.27. The van der Waals surface area contributed by atoms with E-state index in [0.29, 0.717) is 17.0 Å². The average Bonchev–Trinajstić information content (AvgIpc) is 3.22. The second-order valence-electron chi connectivity index (χ2n) is 8.07. The van der Waals surface area contributed by atoms with Gasteiger partial charge in [-0.3, -0.25) is 5.32 Å². The fraction of sp³-hybridized carbons (Fsp3) is 0.200. The molecule has 176 valence electrons. The van der Waals surface area contributed by atoms with Gasteiger partial charge in [-0.1, -0.05) is 23.5 Å². The lowest BCUT2D eigenvalue weighted by atomic mass is 10.1. The number of thiazole rings is 1. The van der Waals surface area contributed by atoms with Crippen LogP contribution in [0, 0.1) is 11.6 Å². The number of likely N-dealkylation sites (N-methyl/N-ethyl adjacent to an activating group) is 2. The Balaban J connectivity index is 1.40. The lowest BCUT2D eigenvalue weighted by molar-refractivity contribution is 0.215. The van der Waals surface area contributed by atoms with Crippen LogP contribution in [-0.4, -0.2) is 50.2 Å². The molecule has 4 rings (SSSR count). The molecule has 0 unspecified atom stereocenters. The minimum absolute atomic E-state index is 0.266. The summed E-state index contributed by atoms with van der Waals surface area (Å²) in [6.07, 6.45) is -0.645. The van der Waals surface area contributed by atoms with Gasteiger partial charge in [0.05, 0.1) is 10.2 Å². The van der Waals surface area contributed by atoms with E-state index in [4.69, 9.17) is 4.74 Å². The van der Waals surface area contributed by atoms with Crippen molar-refractivity contribution in [3.05, 3.63) is 72.3 Å². The topological polar surface area (TPSA) is 57.7 Å². The standard InChI is InChI=1S/C25H24F2N4O2S/c1-30(2)12-13-31(3)24-29-22-11-7-18(15-23(22)34-24)28-25(32)33-19-8-4-16(5-9-19)20-10-6-17(26)14-21(20)27/h4-11,14-15H,12-13H2,1-3H3,(H,28,32). The number of carbonyl (C=O) groups is 1. The molecule has 0 radical (unpaired) electrons. The SMILES string of the molecule is CN(C)CCN(C)c1nc2ccc(NC(=O)Oc3ccc(-c4ccc(F)cc4F)cc3)cc2s1. The molecule has 0 atom stereocenters. The van der Waals surface area contributed by atoms with E-state index in [0.717, 1.165) is 34.5 Å². The summed E-state index contributed by atoms with van der Waals surface area (Å²) < 4.78 is 33.4. The number of fused-ring (bicyclic) bond motifs is 1. The monoisotopic (exact) mass is 482 g/mol. The van der Waals surface area contributed by atoms with E-state index < -0.39 is 17.7 Å². The fourth-order valence-electron chi connectivity index (χ4n) is 3.28. The van der Waals surface area contributed by atoms with Gasteiger partial charge in [0.2, 0.25) is 0 Å². The lowest BCUT2D eigenvalue weighted by Crippen LogP contribution is -2.28. The first kappa shape index (κ1) is 23.6. The highest BCUT2D eigenvalue weighted by Crippen LogP contribution is 2.30. The Labute approximate surface area is 200 Å². The average molecular weight is 483 g/mol. The molecule has 0 aliphatic heterocycles. The summed E-state index contributed by atoms with van der Waals surface area (Å²) in [7, 11) is 6.07. The number of amides is 1. The quantitative estimate of drug-likeness (QED) is 0.358. The molecule has 6 nitrogen and oxygen atoms in total. The molecule has 0 spiro atoms. The Morgan fingerprint density at radius 3 is 2.47 bits per heavy atom. The molecule has 4 aromatic rings. The van der Waals surface area contributed by atoms with Crippen LogP contribution in [0.25, 0.3) is 21.3 Å². The molecule has 0 saturated carbocycles. The summed E-state index contributed by atoms with van der Waals surface area (Å²) in [5.74, 6) is -0.994. The minimum atomic E-state index is -0.656. The van der Waals surface area contributed by atoms with Crippen molar-refractivity contribution in [2.45, 2.75) is 0 Å². The Bertz CT molecular complexity index is 1310. The van der Waals surface area contributed by atoms with E-state index in [9.17, 15) is 13.6 Å². The highest BCUT2D eigenvalue weighted by Gasteiger charge is 2.12. The second kappa shape index (κ2) is 10.1. The number of nitrogens with zero attached hydrogens (tertiary/aromatic N) is 3. The minimum Gasteiger partial charge on any atom is -0.410 e. The number of ether oxygens (including phenoxy) is 1. The first-order valence-corrected chi connectivity index (χ1v) is 11.4. The maximum Gasteiger partial charge on any atom is 0.417 e. The van der Waals surface area contributed by atoms with Crippen LogP contribution in [-0.2, 0) is 0 Å². The smallest absolute Gasteiger partial charge is 0.410 e. The van der Waals surface area contributed by atoms with Crippen molar-refractivity contribution in [2.24, 2.45) is 0 Å². The summed E-state index contributed by atoms with van der Waals surface area (Å²) in [6.45, 7) is 1.78. The Morgan fingerprint density at radius 1 is 1.00 bits per heavy atom. The van der Waals surface area contributed by atoms with Crippen LogP contribution in [0.5, 0.6) is 5.75 Å². The second-order valence-corrected chi connectivity index (χ2v) is 9.08. The highest BCUT2D eigenvalue weighted by molar-refractivity contribution is 7.22. The van der Waals surface area contributed by atoms with Crippen molar-refractivity contribution in [3.63, 3.8) is 0 Å². The first-order valence-electron chi connectivity index (χ1n) is 10.6. The number of hydrogen-bond donors (Lipinski definition) is 1. The molecule has 0 saturated heterocycles. The number of halogens is 2. The lowest BCUT2D eigenvalue weighted by Gasteiger charge is -2.18. The third-order valence-electron chi connectivity index (χ3n) is 5.14. The Hall–Kier alpha value is -3.56. The summed E-state index contributed by atoms with van der Waals surface area (Å²) in [4.78, 5) is 21.2. The number of aromatic nitrogens is 1. The fourth-order valence-corrected chi connectivity index (χ4v) is 4.27. The molecule has 0 aliphatic carbocycles. The van der Waals surface area contributed by atoms with E-state index in [1.807, 2.05) is 33.3 Å².